The van der Waals surface area contributed by atoms with Crippen molar-refractivity contribution in [3.8, 4) is 11.4 Å². The molecule has 13 heavy (non-hydrogen) atoms. The van der Waals surface area contributed by atoms with Crippen molar-refractivity contribution in [1.82, 2.24) is 15.1 Å². The molecule has 2 aromatic rings. The summed E-state index contributed by atoms with van der Waals surface area (Å²) >= 11 is 0. The van der Waals surface area contributed by atoms with Crippen molar-refractivity contribution >= 4 is 6.29 Å². The van der Waals surface area contributed by atoms with E-state index in [0.717, 1.165) is 5.56 Å². The fourth-order valence-electron chi connectivity index (χ4n) is 0.895. The standard InChI is InChI=1S/C8H5N3O2/c12-5-7-10-8(11-13-7)6-2-1-3-9-4-6/h1-5H. The highest BCUT2D eigenvalue weighted by Gasteiger charge is 2.06. The summed E-state index contributed by atoms with van der Waals surface area (Å²) in [7, 11) is 0. The van der Waals surface area contributed by atoms with Gasteiger partial charge in [-0.3, -0.25) is 9.78 Å². The monoisotopic (exact) mass is 175 g/mol. The van der Waals surface area contributed by atoms with Crippen molar-refractivity contribution in [3.05, 3.63) is 30.4 Å². The topological polar surface area (TPSA) is 68.9 Å². The van der Waals surface area contributed by atoms with Crippen LogP contribution in [0.25, 0.3) is 11.4 Å². The molecule has 0 atom stereocenters. The zero-order valence-corrected chi connectivity index (χ0v) is 6.54. The molecule has 0 spiro atoms. The van der Waals surface area contributed by atoms with E-state index in [1.165, 1.54) is 0 Å². The second-order valence-corrected chi connectivity index (χ2v) is 2.32. The average molecular weight is 175 g/mol. The van der Waals surface area contributed by atoms with E-state index in [4.69, 9.17) is 0 Å². The van der Waals surface area contributed by atoms with Gasteiger partial charge in [-0.2, -0.15) is 4.98 Å². The number of rotatable bonds is 2. The average Bonchev–Trinajstić information content (AvgIpc) is 2.67. The fourth-order valence-corrected chi connectivity index (χ4v) is 0.895. The van der Waals surface area contributed by atoms with Gasteiger partial charge in [0.2, 0.25) is 12.1 Å². The first-order chi connectivity index (χ1) is 6.40. The Morgan fingerprint density at radius 3 is 3.00 bits per heavy atom. The van der Waals surface area contributed by atoms with Gasteiger partial charge in [-0.1, -0.05) is 5.16 Å². The molecule has 0 saturated carbocycles. The van der Waals surface area contributed by atoms with Crippen molar-refractivity contribution in [2.24, 2.45) is 0 Å². The van der Waals surface area contributed by atoms with Crippen LogP contribution in [0.5, 0.6) is 0 Å². The first kappa shape index (κ1) is 7.60. The van der Waals surface area contributed by atoms with Gasteiger partial charge < -0.3 is 4.52 Å². The molecule has 64 valence electrons. The van der Waals surface area contributed by atoms with Crippen LogP contribution in [0, 0.1) is 0 Å². The van der Waals surface area contributed by atoms with Crippen molar-refractivity contribution < 1.29 is 9.32 Å². The molecule has 0 bridgehead atoms. The highest BCUT2D eigenvalue weighted by Crippen LogP contribution is 2.12. The Kier molecular flexibility index (Phi) is 1.84. The van der Waals surface area contributed by atoms with Gasteiger partial charge >= 0.3 is 0 Å². The molecule has 2 rings (SSSR count). The number of carbonyl (C=O) groups excluding carboxylic acids is 1. The highest BCUT2D eigenvalue weighted by molar-refractivity contribution is 5.68. The van der Waals surface area contributed by atoms with Gasteiger partial charge in [0.15, 0.2) is 0 Å². The summed E-state index contributed by atoms with van der Waals surface area (Å²) in [5, 5.41) is 3.60. The molecule has 0 radical (unpaired) electrons. The maximum Gasteiger partial charge on any atom is 0.291 e. The normalized spacial score (nSPS) is 9.85. The summed E-state index contributed by atoms with van der Waals surface area (Å²) in [6.45, 7) is 0. The van der Waals surface area contributed by atoms with Crippen LogP contribution in [0.1, 0.15) is 10.7 Å². The van der Waals surface area contributed by atoms with E-state index in [1.807, 2.05) is 0 Å². The minimum Gasteiger partial charge on any atom is -0.331 e. The predicted molar refractivity (Wildman–Crippen MR) is 42.9 cm³/mol. The predicted octanol–water partition coefficient (Wildman–Crippen LogP) is 0.944. The third kappa shape index (κ3) is 1.44. The lowest BCUT2D eigenvalue weighted by Gasteiger charge is -1.88. The second-order valence-electron chi connectivity index (χ2n) is 2.32. The Hall–Kier alpha value is -2.04. The molecule has 0 saturated heterocycles. The smallest absolute Gasteiger partial charge is 0.291 e. The minimum atomic E-state index is -0.0288. The van der Waals surface area contributed by atoms with Crippen molar-refractivity contribution in [3.63, 3.8) is 0 Å². The molecule has 2 heterocycles. The maximum atomic E-state index is 10.2. The van der Waals surface area contributed by atoms with E-state index in [0.29, 0.717) is 12.1 Å². The maximum absolute atomic E-state index is 10.2. The molecule has 5 heteroatoms. The number of hydrogen-bond acceptors (Lipinski definition) is 5. The lowest BCUT2D eigenvalue weighted by molar-refractivity contribution is 0.108. The Bertz CT molecular complexity index is 410. The number of aromatic nitrogens is 3. The second kappa shape index (κ2) is 3.14. The van der Waals surface area contributed by atoms with Gasteiger partial charge in [0.25, 0.3) is 5.89 Å². The largest absolute Gasteiger partial charge is 0.331 e. The molecule has 0 aromatic carbocycles. The van der Waals surface area contributed by atoms with Gasteiger partial charge in [0.05, 0.1) is 0 Å². The number of hydrogen-bond donors (Lipinski definition) is 0. The zero-order valence-electron chi connectivity index (χ0n) is 6.54. The zero-order chi connectivity index (χ0) is 9.10. The quantitative estimate of drug-likeness (QED) is 0.635. The summed E-state index contributed by atoms with van der Waals surface area (Å²) < 4.78 is 4.61. The van der Waals surface area contributed by atoms with Crippen molar-refractivity contribution in [2.75, 3.05) is 0 Å². The molecule has 0 amide bonds. The van der Waals surface area contributed by atoms with Crippen LogP contribution >= 0.6 is 0 Å². The van der Waals surface area contributed by atoms with Crippen LogP contribution in [-0.2, 0) is 0 Å². The SMILES string of the molecule is O=Cc1nc(-c2cccnc2)no1. The lowest BCUT2D eigenvalue weighted by atomic mass is 10.3. The van der Waals surface area contributed by atoms with E-state index >= 15 is 0 Å². The van der Waals surface area contributed by atoms with E-state index in [9.17, 15) is 4.79 Å². The molecular weight excluding hydrogens is 170 g/mol. The fraction of sp³-hybridized carbons (Fsp3) is 0. The van der Waals surface area contributed by atoms with Crippen molar-refractivity contribution in [1.29, 1.82) is 0 Å². The molecule has 0 unspecified atom stereocenters. The minimum absolute atomic E-state index is 0.0288. The Balaban J connectivity index is 2.41. The first-order valence-corrected chi connectivity index (χ1v) is 3.59. The molecule has 0 aliphatic rings. The van der Waals surface area contributed by atoms with Gasteiger partial charge in [-0.25, -0.2) is 0 Å². The third-order valence-corrected chi connectivity index (χ3v) is 1.46. The Labute approximate surface area is 73.4 Å². The van der Waals surface area contributed by atoms with Crippen LogP contribution in [-0.4, -0.2) is 21.4 Å². The molecule has 0 fully saturated rings. The molecule has 0 N–H and O–H groups in total. The first-order valence-electron chi connectivity index (χ1n) is 3.59. The van der Waals surface area contributed by atoms with Gasteiger partial charge in [0.1, 0.15) is 0 Å². The Morgan fingerprint density at radius 2 is 2.38 bits per heavy atom. The van der Waals surface area contributed by atoms with Crippen LogP contribution in [0.15, 0.2) is 29.0 Å². The number of nitrogens with zero attached hydrogens (tertiary/aromatic N) is 3. The van der Waals surface area contributed by atoms with E-state index in [1.54, 1.807) is 24.5 Å². The number of aldehydes is 1. The number of carbonyl (C=O) groups is 1. The number of pyridine rings is 1. The van der Waals surface area contributed by atoms with Crippen LogP contribution in [0.3, 0.4) is 0 Å². The molecular formula is C8H5N3O2. The molecule has 2 aromatic heterocycles. The van der Waals surface area contributed by atoms with E-state index in [2.05, 4.69) is 19.6 Å². The summed E-state index contributed by atoms with van der Waals surface area (Å²) in [5.74, 6) is 0.342. The lowest BCUT2D eigenvalue weighted by Crippen LogP contribution is -1.82. The molecule has 0 aliphatic carbocycles. The van der Waals surface area contributed by atoms with Crippen LogP contribution in [0.2, 0.25) is 0 Å². The Morgan fingerprint density at radius 1 is 1.46 bits per heavy atom. The summed E-state index contributed by atoms with van der Waals surface area (Å²) in [5.41, 5.74) is 0.722. The molecule has 0 aliphatic heterocycles. The van der Waals surface area contributed by atoms with Crippen LogP contribution < -0.4 is 0 Å². The van der Waals surface area contributed by atoms with E-state index < -0.39 is 0 Å². The van der Waals surface area contributed by atoms with Gasteiger partial charge in [-0.05, 0) is 12.1 Å². The highest BCUT2D eigenvalue weighted by atomic mass is 16.5. The van der Waals surface area contributed by atoms with Crippen LogP contribution in [0.4, 0.5) is 0 Å². The third-order valence-electron chi connectivity index (χ3n) is 1.46. The van der Waals surface area contributed by atoms with Gasteiger partial charge in [-0.15, -0.1) is 0 Å². The molecule has 5 nitrogen and oxygen atoms in total. The van der Waals surface area contributed by atoms with Gasteiger partial charge in [0, 0.05) is 18.0 Å². The summed E-state index contributed by atoms with van der Waals surface area (Å²) in [6.07, 6.45) is 3.75. The summed E-state index contributed by atoms with van der Waals surface area (Å²) in [4.78, 5) is 17.9. The van der Waals surface area contributed by atoms with E-state index in [-0.39, 0.29) is 5.89 Å². The van der Waals surface area contributed by atoms with Crippen molar-refractivity contribution in [2.45, 2.75) is 0 Å². The summed E-state index contributed by atoms with van der Waals surface area (Å²) in [6, 6.07) is 3.54.